The van der Waals surface area contributed by atoms with Crippen LogP contribution in [0.25, 0.3) is 0 Å². The van der Waals surface area contributed by atoms with Crippen molar-refractivity contribution in [1.29, 1.82) is 0 Å². The molecule has 1 aliphatic heterocycles. The highest BCUT2D eigenvalue weighted by Gasteiger charge is 2.22. The molecule has 1 fully saturated rings. The predicted octanol–water partition coefficient (Wildman–Crippen LogP) is 2.45. The summed E-state index contributed by atoms with van der Waals surface area (Å²) in [6.45, 7) is 3.89. The van der Waals surface area contributed by atoms with E-state index in [4.69, 9.17) is 0 Å². The first kappa shape index (κ1) is 10.2. The van der Waals surface area contributed by atoms with Crippen LogP contribution in [-0.4, -0.2) is 17.4 Å². The lowest BCUT2D eigenvalue weighted by Crippen LogP contribution is -2.38. The van der Waals surface area contributed by atoms with Crippen LogP contribution in [0.5, 0.6) is 0 Å². The van der Waals surface area contributed by atoms with E-state index in [-0.39, 0.29) is 0 Å². The number of rotatable bonds is 2. The minimum Gasteiger partial charge on any atom is -0.338 e. The van der Waals surface area contributed by atoms with E-state index in [1.807, 2.05) is 23.1 Å². The van der Waals surface area contributed by atoms with Gasteiger partial charge in [0.25, 0.3) is 0 Å². The molecule has 1 aliphatic rings. The summed E-state index contributed by atoms with van der Waals surface area (Å²) in [6.07, 6.45) is 1.76. The van der Waals surface area contributed by atoms with Crippen molar-refractivity contribution in [2.24, 2.45) is 5.92 Å². The SMILES string of the molecule is CC1CCC(=O)N(Cc2ccccc2)C1. The highest BCUT2D eigenvalue weighted by Crippen LogP contribution is 2.18. The number of piperidine rings is 1. The van der Waals surface area contributed by atoms with Crippen LogP contribution >= 0.6 is 0 Å². The smallest absolute Gasteiger partial charge is 0.222 e. The highest BCUT2D eigenvalue weighted by atomic mass is 16.2. The van der Waals surface area contributed by atoms with Crippen LogP contribution in [0.4, 0.5) is 0 Å². The second-order valence-electron chi connectivity index (χ2n) is 4.40. The normalized spacial score (nSPS) is 21.8. The first-order valence-corrected chi connectivity index (χ1v) is 5.57. The van der Waals surface area contributed by atoms with Crippen molar-refractivity contribution in [2.45, 2.75) is 26.3 Å². The van der Waals surface area contributed by atoms with Gasteiger partial charge in [-0.05, 0) is 17.9 Å². The zero-order chi connectivity index (χ0) is 10.7. The van der Waals surface area contributed by atoms with Gasteiger partial charge < -0.3 is 4.90 Å². The molecule has 1 atom stereocenters. The quantitative estimate of drug-likeness (QED) is 0.723. The number of hydrogen-bond acceptors (Lipinski definition) is 1. The number of carbonyl (C=O) groups excluding carboxylic acids is 1. The Kier molecular flexibility index (Phi) is 3.05. The van der Waals surface area contributed by atoms with E-state index < -0.39 is 0 Å². The fraction of sp³-hybridized carbons (Fsp3) is 0.462. The molecule has 0 N–H and O–H groups in total. The van der Waals surface area contributed by atoms with E-state index in [2.05, 4.69) is 19.1 Å². The molecule has 15 heavy (non-hydrogen) atoms. The Morgan fingerprint density at radius 3 is 2.80 bits per heavy atom. The van der Waals surface area contributed by atoms with Crippen molar-refractivity contribution in [3.63, 3.8) is 0 Å². The molecular formula is C13H17NO. The molecule has 0 spiro atoms. The van der Waals surface area contributed by atoms with Gasteiger partial charge in [-0.3, -0.25) is 4.79 Å². The average Bonchev–Trinajstić information content (AvgIpc) is 2.25. The Labute approximate surface area is 90.9 Å². The third-order valence-corrected chi connectivity index (χ3v) is 2.95. The van der Waals surface area contributed by atoms with E-state index in [1.165, 1.54) is 5.56 Å². The average molecular weight is 203 g/mol. The van der Waals surface area contributed by atoms with E-state index >= 15 is 0 Å². The lowest BCUT2D eigenvalue weighted by molar-refractivity contribution is -0.135. The maximum atomic E-state index is 11.7. The molecule has 1 unspecified atom stereocenters. The van der Waals surface area contributed by atoms with Crippen LogP contribution in [0, 0.1) is 5.92 Å². The predicted molar refractivity (Wildman–Crippen MR) is 60.3 cm³/mol. The fourth-order valence-corrected chi connectivity index (χ4v) is 2.05. The molecule has 1 saturated heterocycles. The monoisotopic (exact) mass is 203 g/mol. The van der Waals surface area contributed by atoms with E-state index in [0.717, 1.165) is 19.5 Å². The third kappa shape index (κ3) is 2.58. The number of likely N-dealkylation sites (tertiary alicyclic amines) is 1. The van der Waals surface area contributed by atoms with Gasteiger partial charge in [0.2, 0.25) is 5.91 Å². The first-order valence-electron chi connectivity index (χ1n) is 5.57. The second-order valence-corrected chi connectivity index (χ2v) is 4.40. The summed E-state index contributed by atoms with van der Waals surface area (Å²) in [7, 11) is 0. The zero-order valence-corrected chi connectivity index (χ0v) is 9.15. The maximum absolute atomic E-state index is 11.7. The van der Waals surface area contributed by atoms with Gasteiger partial charge in [0.15, 0.2) is 0 Å². The van der Waals surface area contributed by atoms with E-state index in [9.17, 15) is 4.79 Å². The molecule has 0 aromatic heterocycles. The summed E-state index contributed by atoms with van der Waals surface area (Å²) in [5.74, 6) is 0.948. The van der Waals surface area contributed by atoms with Gasteiger partial charge in [0, 0.05) is 19.5 Å². The van der Waals surface area contributed by atoms with Crippen molar-refractivity contribution >= 4 is 5.91 Å². The topological polar surface area (TPSA) is 20.3 Å². The lowest BCUT2D eigenvalue weighted by Gasteiger charge is -2.30. The summed E-state index contributed by atoms with van der Waals surface area (Å²) in [4.78, 5) is 13.6. The molecule has 0 aliphatic carbocycles. The molecule has 1 aromatic rings. The Morgan fingerprint density at radius 2 is 2.07 bits per heavy atom. The van der Waals surface area contributed by atoms with Crippen molar-refractivity contribution in [1.82, 2.24) is 4.90 Å². The van der Waals surface area contributed by atoms with Gasteiger partial charge in [0.05, 0.1) is 0 Å². The molecule has 1 heterocycles. The molecule has 1 aromatic carbocycles. The lowest BCUT2D eigenvalue weighted by atomic mass is 9.99. The summed E-state index contributed by atoms with van der Waals surface area (Å²) in [6, 6.07) is 10.2. The van der Waals surface area contributed by atoms with Gasteiger partial charge in [-0.25, -0.2) is 0 Å². The summed E-state index contributed by atoms with van der Waals surface area (Å²) in [5.41, 5.74) is 1.22. The van der Waals surface area contributed by atoms with Crippen molar-refractivity contribution in [3.8, 4) is 0 Å². The van der Waals surface area contributed by atoms with Gasteiger partial charge in [0.1, 0.15) is 0 Å². The summed E-state index contributed by atoms with van der Waals surface area (Å²) in [5, 5.41) is 0. The number of hydrogen-bond donors (Lipinski definition) is 0. The molecule has 2 nitrogen and oxygen atoms in total. The van der Waals surface area contributed by atoms with Crippen LogP contribution in [-0.2, 0) is 11.3 Å². The number of carbonyl (C=O) groups is 1. The number of amides is 1. The highest BCUT2D eigenvalue weighted by molar-refractivity contribution is 5.76. The molecule has 0 saturated carbocycles. The van der Waals surface area contributed by atoms with Gasteiger partial charge in [-0.1, -0.05) is 37.3 Å². The molecule has 2 rings (SSSR count). The minimum absolute atomic E-state index is 0.303. The molecule has 2 heteroatoms. The van der Waals surface area contributed by atoms with E-state index in [1.54, 1.807) is 0 Å². The standard InChI is InChI=1S/C13H17NO/c1-11-7-8-13(15)14(9-11)10-12-5-3-2-4-6-12/h2-6,11H,7-10H2,1H3. The Balaban J connectivity index is 2.01. The molecule has 0 radical (unpaired) electrons. The van der Waals surface area contributed by atoms with Crippen molar-refractivity contribution in [2.75, 3.05) is 6.54 Å². The van der Waals surface area contributed by atoms with Gasteiger partial charge >= 0.3 is 0 Å². The number of nitrogens with zero attached hydrogens (tertiary/aromatic N) is 1. The Hall–Kier alpha value is -1.31. The molecule has 1 amide bonds. The van der Waals surface area contributed by atoms with Crippen molar-refractivity contribution < 1.29 is 4.79 Å². The van der Waals surface area contributed by atoms with Crippen molar-refractivity contribution in [3.05, 3.63) is 35.9 Å². The molecule has 80 valence electrons. The third-order valence-electron chi connectivity index (χ3n) is 2.95. The molecular weight excluding hydrogens is 186 g/mol. The van der Waals surface area contributed by atoms with Gasteiger partial charge in [-0.2, -0.15) is 0 Å². The maximum Gasteiger partial charge on any atom is 0.222 e. The van der Waals surface area contributed by atoms with Crippen LogP contribution in [0.1, 0.15) is 25.3 Å². The largest absolute Gasteiger partial charge is 0.338 e. The van der Waals surface area contributed by atoms with Crippen LogP contribution in [0.3, 0.4) is 0 Å². The summed E-state index contributed by atoms with van der Waals surface area (Å²) < 4.78 is 0. The van der Waals surface area contributed by atoms with E-state index in [0.29, 0.717) is 18.2 Å². The Bertz CT molecular complexity index is 334. The first-order chi connectivity index (χ1) is 7.25. The van der Waals surface area contributed by atoms with Crippen LogP contribution < -0.4 is 0 Å². The Morgan fingerprint density at radius 1 is 1.33 bits per heavy atom. The summed E-state index contributed by atoms with van der Waals surface area (Å²) >= 11 is 0. The molecule has 0 bridgehead atoms. The van der Waals surface area contributed by atoms with Gasteiger partial charge in [-0.15, -0.1) is 0 Å². The van der Waals surface area contributed by atoms with Crippen LogP contribution in [0.15, 0.2) is 30.3 Å². The van der Waals surface area contributed by atoms with Crippen LogP contribution in [0.2, 0.25) is 0 Å². The second kappa shape index (κ2) is 4.47. The fourth-order valence-electron chi connectivity index (χ4n) is 2.05. The minimum atomic E-state index is 0.303. The number of benzene rings is 1. The zero-order valence-electron chi connectivity index (χ0n) is 9.15.